The van der Waals surface area contributed by atoms with Gasteiger partial charge in [0.25, 0.3) is 0 Å². The smallest absolute Gasteiger partial charge is 0.338 e. The van der Waals surface area contributed by atoms with Crippen LogP contribution in [0.3, 0.4) is 0 Å². The number of carbonyl (C=O) groups excluding carboxylic acids is 1. The zero-order valence-electron chi connectivity index (χ0n) is 13.4. The van der Waals surface area contributed by atoms with Crippen molar-refractivity contribution in [2.75, 3.05) is 0 Å². The summed E-state index contributed by atoms with van der Waals surface area (Å²) in [6, 6.07) is 18.7. The summed E-state index contributed by atoms with van der Waals surface area (Å²) < 4.78 is 11.4. The summed E-state index contributed by atoms with van der Waals surface area (Å²) in [5, 5.41) is 10.3. The van der Waals surface area contributed by atoms with Crippen LogP contribution >= 0.6 is 11.8 Å². The number of ether oxygens (including phenoxy) is 2. The first-order chi connectivity index (χ1) is 11.6. The Morgan fingerprint density at radius 3 is 2.42 bits per heavy atom. The number of esters is 1. The molecule has 0 aliphatic carbocycles. The van der Waals surface area contributed by atoms with Gasteiger partial charge in [-0.25, -0.2) is 4.79 Å². The summed E-state index contributed by atoms with van der Waals surface area (Å²) >= 11 is 1.57. The van der Waals surface area contributed by atoms with Crippen LogP contribution in [-0.4, -0.2) is 34.8 Å². The third-order valence-corrected chi connectivity index (χ3v) is 5.04. The highest BCUT2D eigenvalue weighted by Crippen LogP contribution is 2.34. The summed E-state index contributed by atoms with van der Waals surface area (Å²) in [4.78, 5) is 13.3. The predicted molar refractivity (Wildman–Crippen MR) is 92.9 cm³/mol. The van der Waals surface area contributed by atoms with Crippen LogP contribution in [0.1, 0.15) is 23.7 Å². The Morgan fingerprint density at radius 2 is 1.75 bits per heavy atom. The standard InChI is InChI=1S/C19H20O4S/c1-13-18(20)16(23-19(21)14-8-4-2-5-9-14)12-17(22-13)24-15-10-6-3-7-11-15/h2-11,13,16-18,20H,12H2,1H3/t13-,16-,17-,18+/m0/s1. The van der Waals surface area contributed by atoms with Crippen LogP contribution in [0.15, 0.2) is 65.6 Å². The van der Waals surface area contributed by atoms with Crippen molar-refractivity contribution in [1.29, 1.82) is 0 Å². The van der Waals surface area contributed by atoms with E-state index in [0.29, 0.717) is 12.0 Å². The number of carbonyl (C=O) groups is 1. The molecular formula is C19H20O4S. The molecule has 4 nitrogen and oxygen atoms in total. The van der Waals surface area contributed by atoms with E-state index in [4.69, 9.17) is 9.47 Å². The lowest BCUT2D eigenvalue weighted by Crippen LogP contribution is -2.47. The summed E-state index contributed by atoms with van der Waals surface area (Å²) in [6.45, 7) is 1.80. The predicted octanol–water partition coefficient (Wildman–Crippen LogP) is 3.50. The molecule has 0 saturated carbocycles. The molecule has 2 aromatic rings. The molecule has 2 aromatic carbocycles. The van der Waals surface area contributed by atoms with Gasteiger partial charge in [0.1, 0.15) is 17.6 Å². The van der Waals surface area contributed by atoms with Gasteiger partial charge in [-0.3, -0.25) is 0 Å². The van der Waals surface area contributed by atoms with Crippen molar-refractivity contribution >= 4 is 17.7 Å². The minimum atomic E-state index is -0.828. The second kappa shape index (κ2) is 7.83. The van der Waals surface area contributed by atoms with Gasteiger partial charge >= 0.3 is 5.97 Å². The highest BCUT2D eigenvalue weighted by atomic mass is 32.2. The fourth-order valence-corrected chi connectivity index (χ4v) is 3.77. The van der Waals surface area contributed by atoms with Crippen LogP contribution in [0.2, 0.25) is 0 Å². The van der Waals surface area contributed by atoms with Crippen molar-refractivity contribution < 1.29 is 19.4 Å². The van der Waals surface area contributed by atoms with Crippen molar-refractivity contribution in [2.24, 2.45) is 0 Å². The molecule has 0 radical (unpaired) electrons. The highest BCUT2D eigenvalue weighted by Gasteiger charge is 2.38. The van der Waals surface area contributed by atoms with E-state index >= 15 is 0 Å². The van der Waals surface area contributed by atoms with Crippen LogP contribution in [0.25, 0.3) is 0 Å². The molecule has 1 N–H and O–H groups in total. The Labute approximate surface area is 145 Å². The van der Waals surface area contributed by atoms with Gasteiger partial charge in [-0.2, -0.15) is 0 Å². The average molecular weight is 344 g/mol. The molecular weight excluding hydrogens is 324 g/mol. The maximum absolute atomic E-state index is 12.2. The third-order valence-electron chi connectivity index (χ3n) is 3.93. The normalized spacial score (nSPS) is 26.8. The second-order valence-corrected chi connectivity index (χ2v) is 6.97. The van der Waals surface area contributed by atoms with Crippen LogP contribution in [0.4, 0.5) is 0 Å². The van der Waals surface area contributed by atoms with Crippen molar-refractivity contribution in [3.63, 3.8) is 0 Å². The van der Waals surface area contributed by atoms with Crippen LogP contribution in [0, 0.1) is 0 Å². The molecule has 0 amide bonds. The lowest BCUT2D eigenvalue weighted by Gasteiger charge is -2.37. The van der Waals surface area contributed by atoms with Crippen molar-refractivity contribution in [3.8, 4) is 0 Å². The maximum atomic E-state index is 12.2. The van der Waals surface area contributed by atoms with Gasteiger partial charge in [-0.15, -0.1) is 0 Å². The molecule has 126 valence electrons. The Bertz CT molecular complexity index is 662. The Morgan fingerprint density at radius 1 is 1.12 bits per heavy atom. The summed E-state index contributed by atoms with van der Waals surface area (Å²) in [6.07, 6.45) is -1.36. The van der Waals surface area contributed by atoms with Gasteiger partial charge in [-0.05, 0) is 31.2 Å². The molecule has 0 unspecified atom stereocenters. The number of aliphatic hydroxyl groups is 1. The second-order valence-electron chi connectivity index (χ2n) is 5.74. The molecule has 5 heteroatoms. The summed E-state index contributed by atoms with van der Waals surface area (Å²) in [5.74, 6) is -0.419. The van der Waals surface area contributed by atoms with Gasteiger partial charge < -0.3 is 14.6 Å². The number of rotatable bonds is 4. The van der Waals surface area contributed by atoms with E-state index in [1.807, 2.05) is 36.4 Å². The monoisotopic (exact) mass is 344 g/mol. The number of hydrogen-bond donors (Lipinski definition) is 1. The minimum absolute atomic E-state index is 0.167. The Hall–Kier alpha value is -1.82. The van der Waals surface area contributed by atoms with E-state index < -0.39 is 24.3 Å². The Balaban J connectivity index is 1.66. The SMILES string of the molecule is C[C@@H]1O[C@@H](Sc2ccccc2)C[C@H](OC(=O)c2ccccc2)[C@@H]1O. The van der Waals surface area contributed by atoms with E-state index in [1.54, 1.807) is 43.0 Å². The lowest BCUT2D eigenvalue weighted by molar-refractivity contribution is -0.140. The quantitative estimate of drug-likeness (QED) is 0.861. The molecule has 1 heterocycles. The zero-order valence-corrected chi connectivity index (χ0v) is 14.2. The van der Waals surface area contributed by atoms with E-state index in [2.05, 4.69) is 0 Å². The maximum Gasteiger partial charge on any atom is 0.338 e. The number of hydrogen-bond acceptors (Lipinski definition) is 5. The molecule has 24 heavy (non-hydrogen) atoms. The van der Waals surface area contributed by atoms with Gasteiger partial charge in [0.2, 0.25) is 0 Å². The largest absolute Gasteiger partial charge is 0.456 e. The minimum Gasteiger partial charge on any atom is -0.456 e. The van der Waals surface area contributed by atoms with Gasteiger partial charge in [0, 0.05) is 11.3 Å². The van der Waals surface area contributed by atoms with Gasteiger partial charge in [0.05, 0.1) is 11.7 Å². The third kappa shape index (κ3) is 4.17. The lowest BCUT2D eigenvalue weighted by atomic mass is 10.0. The van der Waals surface area contributed by atoms with Crippen molar-refractivity contribution in [2.45, 2.75) is 42.0 Å². The first-order valence-electron chi connectivity index (χ1n) is 7.95. The van der Waals surface area contributed by atoms with E-state index in [-0.39, 0.29) is 5.44 Å². The topological polar surface area (TPSA) is 55.8 Å². The molecule has 0 bridgehead atoms. The molecule has 1 aliphatic heterocycles. The molecule has 0 spiro atoms. The number of aliphatic hydroxyl groups excluding tert-OH is 1. The zero-order chi connectivity index (χ0) is 16.9. The molecule has 3 rings (SSSR count). The number of thioether (sulfide) groups is 1. The Kier molecular flexibility index (Phi) is 5.56. The van der Waals surface area contributed by atoms with Crippen LogP contribution in [0.5, 0.6) is 0 Å². The fraction of sp³-hybridized carbons (Fsp3) is 0.316. The molecule has 4 atom stereocenters. The fourth-order valence-electron chi connectivity index (χ4n) is 2.63. The van der Waals surface area contributed by atoms with E-state index in [1.165, 1.54) is 0 Å². The highest BCUT2D eigenvalue weighted by molar-refractivity contribution is 7.99. The van der Waals surface area contributed by atoms with Crippen LogP contribution in [-0.2, 0) is 9.47 Å². The van der Waals surface area contributed by atoms with E-state index in [0.717, 1.165) is 4.90 Å². The molecule has 1 aliphatic rings. The average Bonchev–Trinajstić information content (AvgIpc) is 2.61. The van der Waals surface area contributed by atoms with Crippen LogP contribution < -0.4 is 0 Å². The molecule has 1 saturated heterocycles. The van der Waals surface area contributed by atoms with Gasteiger partial charge in [-0.1, -0.05) is 48.2 Å². The first kappa shape index (κ1) is 17.0. The molecule has 0 aromatic heterocycles. The van der Waals surface area contributed by atoms with Crippen molar-refractivity contribution in [1.82, 2.24) is 0 Å². The number of benzene rings is 2. The summed E-state index contributed by atoms with van der Waals surface area (Å²) in [5.41, 5.74) is 0.315. The van der Waals surface area contributed by atoms with Gasteiger partial charge in [0.15, 0.2) is 0 Å². The summed E-state index contributed by atoms with van der Waals surface area (Å²) in [7, 11) is 0. The van der Waals surface area contributed by atoms with Crippen molar-refractivity contribution in [3.05, 3.63) is 66.2 Å². The van der Waals surface area contributed by atoms with E-state index in [9.17, 15) is 9.90 Å². The molecule has 1 fully saturated rings. The first-order valence-corrected chi connectivity index (χ1v) is 8.82.